The maximum Gasteiger partial charge on any atom is 0.328 e. The van der Waals surface area contributed by atoms with Crippen LogP contribution in [0.5, 0.6) is 5.75 Å². The number of aromatic hydroxyl groups is 1. The molecule has 138 valence electrons. The highest BCUT2D eigenvalue weighted by Gasteiger charge is 2.34. The lowest BCUT2D eigenvalue weighted by Gasteiger charge is -2.25. The molecule has 1 saturated heterocycles. The van der Waals surface area contributed by atoms with Crippen molar-refractivity contribution in [1.29, 1.82) is 0 Å². The molecule has 2 heterocycles. The van der Waals surface area contributed by atoms with E-state index in [2.05, 4.69) is 9.97 Å². The molecule has 3 aromatic rings. The minimum Gasteiger partial charge on any atom is -0.507 e. The number of carbonyl (C=O) groups is 1. The molecule has 0 spiro atoms. The molecule has 0 saturated carbocycles. The third-order valence-electron chi connectivity index (χ3n) is 4.78. The number of anilines is 1. The van der Waals surface area contributed by atoms with Gasteiger partial charge in [0.15, 0.2) is 5.82 Å². The number of esters is 1. The fourth-order valence-corrected chi connectivity index (χ4v) is 3.49. The molecule has 7 heteroatoms. The van der Waals surface area contributed by atoms with Gasteiger partial charge in [-0.2, -0.15) is 0 Å². The van der Waals surface area contributed by atoms with E-state index in [-0.39, 0.29) is 11.7 Å². The van der Waals surface area contributed by atoms with Crippen LogP contribution in [0.3, 0.4) is 0 Å². The molecule has 2 aromatic carbocycles. The highest BCUT2D eigenvalue weighted by molar-refractivity contribution is 5.93. The van der Waals surface area contributed by atoms with Crippen molar-refractivity contribution in [3.63, 3.8) is 0 Å². The second-order valence-corrected chi connectivity index (χ2v) is 6.42. The first-order valence-corrected chi connectivity index (χ1v) is 8.68. The third-order valence-corrected chi connectivity index (χ3v) is 4.78. The average molecular weight is 367 g/mol. The van der Waals surface area contributed by atoms with Gasteiger partial charge in [0.25, 0.3) is 0 Å². The lowest BCUT2D eigenvalue weighted by Crippen LogP contribution is -2.37. The Kier molecular flexibility index (Phi) is 4.35. The Labute approximate surface area is 155 Å². The number of methoxy groups -OCH3 is 1. The highest BCUT2D eigenvalue weighted by atomic mass is 19.1. The van der Waals surface area contributed by atoms with Crippen molar-refractivity contribution in [3.05, 3.63) is 48.3 Å². The van der Waals surface area contributed by atoms with Gasteiger partial charge in [0.2, 0.25) is 0 Å². The van der Waals surface area contributed by atoms with Crippen molar-refractivity contribution < 1.29 is 19.0 Å². The van der Waals surface area contributed by atoms with Crippen LogP contribution in [-0.2, 0) is 9.53 Å². The predicted molar refractivity (Wildman–Crippen MR) is 99.0 cm³/mol. The Bertz CT molecular complexity index is 1020. The van der Waals surface area contributed by atoms with Gasteiger partial charge in [-0.1, -0.05) is 12.1 Å². The lowest BCUT2D eigenvalue weighted by molar-refractivity contribution is -0.141. The van der Waals surface area contributed by atoms with Gasteiger partial charge in [-0.15, -0.1) is 0 Å². The zero-order valence-electron chi connectivity index (χ0n) is 14.7. The number of halogens is 1. The van der Waals surface area contributed by atoms with Gasteiger partial charge in [0.1, 0.15) is 23.4 Å². The number of benzene rings is 2. The second-order valence-electron chi connectivity index (χ2n) is 6.42. The maximum atomic E-state index is 13.9. The van der Waals surface area contributed by atoms with E-state index in [1.54, 1.807) is 30.3 Å². The zero-order valence-corrected chi connectivity index (χ0v) is 14.7. The molecular formula is C20H18FN3O3. The molecule has 0 aliphatic carbocycles. The van der Waals surface area contributed by atoms with Crippen LogP contribution in [0.1, 0.15) is 12.8 Å². The molecule has 1 aromatic heterocycles. The minimum atomic E-state index is -0.478. The molecule has 27 heavy (non-hydrogen) atoms. The van der Waals surface area contributed by atoms with Crippen LogP contribution < -0.4 is 4.90 Å². The summed E-state index contributed by atoms with van der Waals surface area (Å²) in [7, 11) is 1.35. The van der Waals surface area contributed by atoms with Crippen LogP contribution >= 0.6 is 0 Å². The van der Waals surface area contributed by atoms with Crippen LogP contribution in [0, 0.1) is 5.82 Å². The van der Waals surface area contributed by atoms with E-state index in [0.29, 0.717) is 41.1 Å². The Morgan fingerprint density at radius 1 is 1.26 bits per heavy atom. The van der Waals surface area contributed by atoms with Crippen molar-refractivity contribution in [2.75, 3.05) is 18.6 Å². The molecule has 1 unspecified atom stereocenters. The molecule has 0 bridgehead atoms. The van der Waals surface area contributed by atoms with Crippen molar-refractivity contribution in [1.82, 2.24) is 9.97 Å². The lowest BCUT2D eigenvalue weighted by atomic mass is 10.1. The van der Waals surface area contributed by atoms with E-state index in [9.17, 15) is 14.3 Å². The first-order chi connectivity index (χ1) is 13.1. The van der Waals surface area contributed by atoms with E-state index >= 15 is 0 Å². The van der Waals surface area contributed by atoms with E-state index in [4.69, 9.17) is 4.74 Å². The van der Waals surface area contributed by atoms with E-state index < -0.39 is 11.9 Å². The van der Waals surface area contributed by atoms with E-state index in [1.165, 1.54) is 19.2 Å². The number of rotatable bonds is 3. The predicted octanol–water partition coefficient (Wildman–Crippen LogP) is 3.28. The molecule has 6 nitrogen and oxygen atoms in total. The number of aromatic nitrogens is 2. The van der Waals surface area contributed by atoms with Crippen LogP contribution in [-0.4, -0.2) is 40.7 Å². The summed E-state index contributed by atoms with van der Waals surface area (Å²) in [4.78, 5) is 23.1. The number of hydrogen-bond acceptors (Lipinski definition) is 6. The van der Waals surface area contributed by atoms with Gasteiger partial charge in [-0.3, -0.25) is 0 Å². The van der Waals surface area contributed by atoms with Gasteiger partial charge in [0, 0.05) is 11.9 Å². The SMILES string of the molecule is COC(=O)C1CCCN1c1nc(-c2ccccc2O)nc2ccc(F)cc12. The smallest absolute Gasteiger partial charge is 0.328 e. The summed E-state index contributed by atoms with van der Waals surface area (Å²) < 4.78 is 18.8. The molecule has 0 amide bonds. The van der Waals surface area contributed by atoms with Gasteiger partial charge >= 0.3 is 5.97 Å². The maximum absolute atomic E-state index is 13.9. The first kappa shape index (κ1) is 17.2. The normalized spacial score (nSPS) is 16.7. The summed E-state index contributed by atoms with van der Waals surface area (Å²) in [6.45, 7) is 0.600. The van der Waals surface area contributed by atoms with Crippen LogP contribution in [0.4, 0.5) is 10.2 Å². The van der Waals surface area contributed by atoms with Gasteiger partial charge in [-0.25, -0.2) is 19.2 Å². The summed E-state index contributed by atoms with van der Waals surface area (Å²) >= 11 is 0. The Morgan fingerprint density at radius 3 is 2.85 bits per heavy atom. The average Bonchev–Trinajstić information content (AvgIpc) is 3.16. The molecule has 1 atom stereocenters. The third kappa shape index (κ3) is 3.05. The minimum absolute atomic E-state index is 0.0517. The number of para-hydroxylation sites is 1. The summed E-state index contributed by atoms with van der Waals surface area (Å²) in [5, 5.41) is 10.7. The monoisotopic (exact) mass is 367 g/mol. The molecule has 1 aliphatic rings. The van der Waals surface area contributed by atoms with Crippen LogP contribution in [0.15, 0.2) is 42.5 Å². The number of phenolic OH excluding ortho intramolecular Hbond substituents is 1. The standard InChI is InChI=1S/C20H18FN3O3/c1-27-20(26)16-6-4-10-24(16)19-14-11-12(21)8-9-15(14)22-18(23-19)13-5-2-3-7-17(13)25/h2-3,5,7-9,11,16,25H,4,6,10H2,1H3. The molecule has 0 radical (unpaired) electrons. The second kappa shape index (κ2) is 6.83. The van der Waals surface area contributed by atoms with Crippen LogP contribution in [0.25, 0.3) is 22.3 Å². The Hall–Kier alpha value is -3.22. The largest absolute Gasteiger partial charge is 0.507 e. The van der Waals surface area contributed by atoms with E-state index in [0.717, 1.165) is 6.42 Å². The molecule has 1 N–H and O–H groups in total. The topological polar surface area (TPSA) is 75.5 Å². The first-order valence-electron chi connectivity index (χ1n) is 8.68. The van der Waals surface area contributed by atoms with Crippen molar-refractivity contribution in [3.8, 4) is 17.1 Å². The molecule has 4 rings (SSSR count). The van der Waals surface area contributed by atoms with E-state index in [1.807, 2.05) is 4.90 Å². The number of ether oxygens (including phenoxy) is 1. The molecule has 1 aliphatic heterocycles. The molecule has 1 fully saturated rings. The fraction of sp³-hybridized carbons (Fsp3) is 0.250. The number of hydrogen-bond donors (Lipinski definition) is 1. The number of fused-ring (bicyclic) bond motifs is 1. The highest BCUT2D eigenvalue weighted by Crippen LogP contribution is 2.34. The summed E-state index contributed by atoms with van der Waals surface area (Å²) in [5.74, 6) is 0.0791. The van der Waals surface area contributed by atoms with Gasteiger partial charge < -0.3 is 14.7 Å². The quantitative estimate of drug-likeness (QED) is 0.716. The summed E-state index contributed by atoms with van der Waals surface area (Å²) in [6, 6.07) is 10.5. The molecular weight excluding hydrogens is 349 g/mol. The summed E-state index contributed by atoms with van der Waals surface area (Å²) in [5.41, 5.74) is 1.01. The number of nitrogens with zero attached hydrogens (tertiary/aromatic N) is 3. The summed E-state index contributed by atoms with van der Waals surface area (Å²) in [6.07, 6.45) is 1.44. The Balaban J connectivity index is 1.93. The number of phenols is 1. The van der Waals surface area contributed by atoms with Crippen molar-refractivity contribution >= 4 is 22.7 Å². The fourth-order valence-electron chi connectivity index (χ4n) is 3.49. The number of carbonyl (C=O) groups excluding carboxylic acids is 1. The zero-order chi connectivity index (χ0) is 19.0. The van der Waals surface area contributed by atoms with Crippen molar-refractivity contribution in [2.45, 2.75) is 18.9 Å². The van der Waals surface area contributed by atoms with Crippen molar-refractivity contribution in [2.24, 2.45) is 0 Å². The van der Waals surface area contributed by atoms with Crippen LogP contribution in [0.2, 0.25) is 0 Å². The van der Waals surface area contributed by atoms with Gasteiger partial charge in [-0.05, 0) is 43.2 Å². The Morgan fingerprint density at radius 2 is 2.07 bits per heavy atom. The van der Waals surface area contributed by atoms with Gasteiger partial charge in [0.05, 0.1) is 18.2 Å².